The number of nitrogen functional groups attached to an aromatic ring is 1. The number of thiophene rings is 1. The molecule has 7 nitrogen and oxygen atoms in total. The molecule has 2 N–H and O–H groups in total. The summed E-state index contributed by atoms with van der Waals surface area (Å²) in [6.45, 7) is 3.63. The molecule has 5 rings (SSSR count). The van der Waals surface area contributed by atoms with Crippen molar-refractivity contribution in [2.75, 3.05) is 40.7 Å². The van der Waals surface area contributed by atoms with Gasteiger partial charge in [-0.15, -0.1) is 11.3 Å². The number of aryl methyl sites for hydroxylation is 1. The number of methoxy groups -OCH3 is 3. The van der Waals surface area contributed by atoms with Gasteiger partial charge in [0.15, 0.2) is 11.5 Å². The number of anilines is 1. The number of ether oxygens (including phenoxy) is 3. The molecule has 0 atom stereocenters. The van der Waals surface area contributed by atoms with Gasteiger partial charge in [0, 0.05) is 41.7 Å². The number of benzene rings is 2. The van der Waals surface area contributed by atoms with E-state index in [4.69, 9.17) is 24.9 Å². The van der Waals surface area contributed by atoms with Crippen LogP contribution in [0.25, 0.3) is 21.3 Å². The molecule has 0 bridgehead atoms. The van der Waals surface area contributed by atoms with Crippen molar-refractivity contribution in [1.82, 2.24) is 9.88 Å². The lowest BCUT2D eigenvalue weighted by Crippen LogP contribution is -2.28. The fourth-order valence-corrected chi connectivity index (χ4v) is 5.89. The highest BCUT2D eigenvalue weighted by Gasteiger charge is 2.28. The third-order valence-electron chi connectivity index (χ3n) is 6.69. The van der Waals surface area contributed by atoms with Gasteiger partial charge in [-0.05, 0) is 37.2 Å². The second-order valence-electron chi connectivity index (χ2n) is 9.03. The Bertz CT molecular complexity index is 1450. The lowest BCUT2D eigenvalue weighted by molar-refractivity contribution is 0.104. The summed E-state index contributed by atoms with van der Waals surface area (Å²) in [4.78, 5) is 22.0. The van der Waals surface area contributed by atoms with Gasteiger partial charge in [-0.3, -0.25) is 4.79 Å². The minimum atomic E-state index is -0.0959. The lowest BCUT2D eigenvalue weighted by atomic mass is 9.91. The van der Waals surface area contributed by atoms with E-state index in [2.05, 4.69) is 11.9 Å². The second kappa shape index (κ2) is 9.44. The first-order valence-corrected chi connectivity index (χ1v) is 12.5. The van der Waals surface area contributed by atoms with E-state index in [0.717, 1.165) is 57.7 Å². The van der Waals surface area contributed by atoms with Crippen LogP contribution in [0.5, 0.6) is 17.2 Å². The average molecular weight is 504 g/mol. The number of hydrogen-bond acceptors (Lipinski definition) is 8. The molecule has 0 saturated heterocycles. The van der Waals surface area contributed by atoms with Crippen molar-refractivity contribution in [3.8, 4) is 28.4 Å². The van der Waals surface area contributed by atoms with Crippen LogP contribution in [-0.2, 0) is 13.0 Å². The summed E-state index contributed by atoms with van der Waals surface area (Å²) in [5.74, 6) is 1.54. The van der Waals surface area contributed by atoms with Crippen molar-refractivity contribution in [2.24, 2.45) is 0 Å². The molecule has 186 valence electrons. The van der Waals surface area contributed by atoms with E-state index in [1.807, 2.05) is 43.3 Å². The summed E-state index contributed by atoms with van der Waals surface area (Å²) in [7, 11) is 6.88. The van der Waals surface area contributed by atoms with E-state index in [9.17, 15) is 4.79 Å². The average Bonchev–Trinajstić information content (AvgIpc) is 3.22. The number of rotatable bonds is 6. The summed E-state index contributed by atoms with van der Waals surface area (Å²) < 4.78 is 16.8. The molecule has 2 aromatic heterocycles. The molecule has 0 aliphatic carbocycles. The predicted molar refractivity (Wildman–Crippen MR) is 144 cm³/mol. The molecular formula is C28H29N3O4S. The molecule has 0 amide bonds. The molecule has 1 aliphatic heterocycles. The number of fused-ring (bicyclic) bond motifs is 2. The van der Waals surface area contributed by atoms with Gasteiger partial charge in [-0.1, -0.05) is 29.8 Å². The number of nitrogens with two attached hydrogens (primary N) is 1. The van der Waals surface area contributed by atoms with Crippen molar-refractivity contribution in [3.05, 3.63) is 63.7 Å². The van der Waals surface area contributed by atoms with Crippen LogP contribution in [0, 0.1) is 6.92 Å². The molecule has 0 saturated carbocycles. The second-order valence-corrected chi connectivity index (χ2v) is 10.0. The van der Waals surface area contributed by atoms with Crippen LogP contribution in [-0.4, -0.2) is 50.6 Å². The maximum absolute atomic E-state index is 13.5. The number of nitrogens with zero attached hydrogens (tertiary/aromatic N) is 2. The third-order valence-corrected chi connectivity index (χ3v) is 7.79. The summed E-state index contributed by atoms with van der Waals surface area (Å²) in [5.41, 5.74) is 12.9. The molecule has 3 heterocycles. The SMILES string of the molecule is COc1cc(-c2c3c(nc4sc(C(=O)c5ccc(C)cc5)c(N)c24)CCN(C)C3)cc(OC)c1OC. The van der Waals surface area contributed by atoms with Crippen molar-refractivity contribution in [3.63, 3.8) is 0 Å². The lowest BCUT2D eigenvalue weighted by Gasteiger charge is -2.27. The van der Waals surface area contributed by atoms with Crippen molar-refractivity contribution in [2.45, 2.75) is 19.9 Å². The fraction of sp³-hybridized carbons (Fsp3) is 0.286. The van der Waals surface area contributed by atoms with Crippen LogP contribution < -0.4 is 19.9 Å². The number of aromatic nitrogens is 1. The Hall–Kier alpha value is -3.62. The van der Waals surface area contributed by atoms with E-state index < -0.39 is 0 Å². The largest absolute Gasteiger partial charge is 0.493 e. The van der Waals surface area contributed by atoms with Crippen LogP contribution in [0.15, 0.2) is 36.4 Å². The highest BCUT2D eigenvalue weighted by molar-refractivity contribution is 7.21. The molecule has 0 radical (unpaired) electrons. The molecular weight excluding hydrogens is 474 g/mol. The minimum absolute atomic E-state index is 0.0959. The maximum atomic E-state index is 13.5. The normalized spacial score (nSPS) is 13.5. The van der Waals surface area contributed by atoms with Crippen LogP contribution in [0.1, 0.15) is 32.1 Å². The Morgan fingerprint density at radius 1 is 1.06 bits per heavy atom. The van der Waals surface area contributed by atoms with E-state index >= 15 is 0 Å². The van der Waals surface area contributed by atoms with Crippen LogP contribution in [0.2, 0.25) is 0 Å². The van der Waals surface area contributed by atoms with Gasteiger partial charge in [0.05, 0.1) is 27.0 Å². The highest BCUT2D eigenvalue weighted by Crippen LogP contribution is 2.48. The zero-order valence-corrected chi connectivity index (χ0v) is 21.9. The van der Waals surface area contributed by atoms with Gasteiger partial charge < -0.3 is 24.8 Å². The monoisotopic (exact) mass is 503 g/mol. The molecule has 4 aromatic rings. The maximum Gasteiger partial charge on any atom is 0.205 e. The Balaban J connectivity index is 1.80. The van der Waals surface area contributed by atoms with Gasteiger partial charge in [0.1, 0.15) is 9.71 Å². The van der Waals surface area contributed by atoms with Gasteiger partial charge >= 0.3 is 0 Å². The van der Waals surface area contributed by atoms with Gasteiger partial charge in [-0.2, -0.15) is 0 Å². The molecule has 0 spiro atoms. The van der Waals surface area contributed by atoms with Crippen LogP contribution in [0.4, 0.5) is 5.69 Å². The highest BCUT2D eigenvalue weighted by atomic mass is 32.1. The third kappa shape index (κ3) is 3.96. The van der Waals surface area contributed by atoms with Crippen molar-refractivity contribution >= 4 is 33.0 Å². The molecule has 0 fully saturated rings. The number of ketones is 1. The van der Waals surface area contributed by atoms with Gasteiger partial charge in [0.25, 0.3) is 0 Å². The summed E-state index contributed by atoms with van der Waals surface area (Å²) in [6, 6.07) is 11.4. The van der Waals surface area contributed by atoms with E-state index in [1.165, 1.54) is 11.3 Å². The fourth-order valence-electron chi connectivity index (χ4n) is 4.81. The number of hydrogen-bond donors (Lipinski definition) is 1. The summed E-state index contributed by atoms with van der Waals surface area (Å²) >= 11 is 1.35. The van der Waals surface area contributed by atoms with Crippen LogP contribution >= 0.6 is 11.3 Å². The summed E-state index contributed by atoms with van der Waals surface area (Å²) in [6.07, 6.45) is 0.818. The number of carbonyl (C=O) groups excluding carboxylic acids is 1. The molecule has 8 heteroatoms. The number of likely N-dealkylation sites (N-methyl/N-ethyl adjacent to an activating group) is 1. The van der Waals surface area contributed by atoms with Gasteiger partial charge in [-0.25, -0.2) is 4.98 Å². The molecule has 2 aromatic carbocycles. The number of pyridine rings is 1. The van der Waals surface area contributed by atoms with E-state index in [1.54, 1.807) is 21.3 Å². The standard InChI is InChI=1S/C28H29N3O4S/c1-15-6-8-16(9-7-15)25(32)27-24(29)23-22(17-12-20(33-3)26(35-5)21(13-17)34-4)18-14-31(2)11-10-19(18)30-28(23)36-27/h6-9,12-13H,10-11,14,29H2,1-5H3. The number of carbonyl (C=O) groups is 1. The first-order chi connectivity index (χ1) is 17.4. The zero-order chi connectivity index (χ0) is 25.6. The molecule has 0 unspecified atom stereocenters. The van der Waals surface area contributed by atoms with E-state index in [-0.39, 0.29) is 5.78 Å². The van der Waals surface area contributed by atoms with Crippen molar-refractivity contribution < 1.29 is 19.0 Å². The summed E-state index contributed by atoms with van der Waals surface area (Å²) in [5, 5.41) is 0.791. The van der Waals surface area contributed by atoms with Crippen molar-refractivity contribution in [1.29, 1.82) is 0 Å². The topological polar surface area (TPSA) is 86.9 Å². The Morgan fingerprint density at radius 3 is 2.33 bits per heavy atom. The Labute approximate surface area is 214 Å². The first kappa shape index (κ1) is 24.1. The minimum Gasteiger partial charge on any atom is -0.493 e. The predicted octanol–water partition coefficient (Wildman–Crippen LogP) is 5.10. The Kier molecular flexibility index (Phi) is 6.32. The van der Waals surface area contributed by atoms with E-state index in [0.29, 0.717) is 33.4 Å². The smallest absolute Gasteiger partial charge is 0.205 e. The van der Waals surface area contributed by atoms with Gasteiger partial charge in [0.2, 0.25) is 11.5 Å². The first-order valence-electron chi connectivity index (χ1n) is 11.7. The quantitative estimate of drug-likeness (QED) is 0.366. The Morgan fingerprint density at radius 2 is 1.72 bits per heavy atom. The zero-order valence-electron chi connectivity index (χ0n) is 21.1. The van der Waals surface area contributed by atoms with Crippen LogP contribution in [0.3, 0.4) is 0 Å². The molecule has 1 aliphatic rings. The molecule has 36 heavy (non-hydrogen) atoms.